The SMILES string of the molecule is C=CCC(CCCCCCCCCC)[SiH]1O[SiH2]O[SiH2]O[SiH2]O[SiH2]O[SiH2]O1. The van der Waals surface area contributed by atoms with Crippen molar-refractivity contribution in [3.8, 4) is 0 Å². The van der Waals surface area contributed by atoms with E-state index in [1.807, 2.05) is 6.08 Å². The lowest BCUT2D eigenvalue weighted by Crippen LogP contribution is -2.35. The van der Waals surface area contributed by atoms with E-state index in [0.717, 1.165) is 6.42 Å². The van der Waals surface area contributed by atoms with Crippen LogP contribution in [0.1, 0.15) is 71.1 Å². The third-order valence-electron chi connectivity index (χ3n) is 4.41. The van der Waals surface area contributed by atoms with Gasteiger partial charge in [-0.2, -0.15) is 0 Å². The molecule has 0 aromatic heterocycles. The van der Waals surface area contributed by atoms with Gasteiger partial charge in [-0.3, -0.25) is 0 Å². The molecule has 1 aliphatic rings. The van der Waals surface area contributed by atoms with E-state index in [9.17, 15) is 0 Å². The zero-order valence-corrected chi connectivity index (χ0v) is 24.7. The van der Waals surface area contributed by atoms with Gasteiger partial charge in [0.05, 0.1) is 0 Å². The molecule has 0 aliphatic carbocycles. The maximum absolute atomic E-state index is 6.14. The molecule has 0 saturated carbocycles. The third kappa shape index (κ3) is 13.9. The molecule has 12 heteroatoms. The molecule has 1 unspecified atom stereocenters. The summed E-state index contributed by atoms with van der Waals surface area (Å²) in [5.41, 5.74) is 0.488. The third-order valence-corrected chi connectivity index (χ3v) is 14.8. The number of hydrogen-bond acceptors (Lipinski definition) is 6. The van der Waals surface area contributed by atoms with Crippen LogP contribution in [-0.2, 0) is 24.7 Å². The Hall–Kier alpha value is 0.801. The van der Waals surface area contributed by atoms with Crippen molar-refractivity contribution >= 4 is 59.3 Å². The van der Waals surface area contributed by atoms with Gasteiger partial charge in [-0.1, -0.05) is 64.4 Å². The van der Waals surface area contributed by atoms with Crippen molar-refractivity contribution in [3.63, 3.8) is 0 Å². The molecule has 0 spiro atoms. The van der Waals surface area contributed by atoms with Crippen LogP contribution >= 0.6 is 0 Å². The van der Waals surface area contributed by atoms with Crippen LogP contribution in [0.5, 0.6) is 0 Å². The highest BCUT2D eigenvalue weighted by molar-refractivity contribution is 6.60. The normalized spacial score (nSPS) is 26.1. The molecule has 154 valence electrons. The lowest BCUT2D eigenvalue weighted by atomic mass is 10.1. The first kappa shape index (κ1) is 24.8. The average Bonchev–Trinajstić information content (AvgIpc) is 2.64. The van der Waals surface area contributed by atoms with Gasteiger partial charge in [0, 0.05) is 5.54 Å². The Bertz CT molecular complexity index is 318. The highest BCUT2D eigenvalue weighted by Crippen LogP contribution is 2.25. The van der Waals surface area contributed by atoms with Crippen molar-refractivity contribution in [2.75, 3.05) is 0 Å². The number of hydrogen-bond donors (Lipinski definition) is 0. The monoisotopic (exact) mass is 470 g/mol. The summed E-state index contributed by atoms with van der Waals surface area (Å²) in [5, 5.41) is 0. The first-order chi connectivity index (χ1) is 12.9. The minimum Gasteiger partial charge on any atom is -0.425 e. The number of rotatable bonds is 12. The summed E-state index contributed by atoms with van der Waals surface area (Å²) in [7, 11) is -6.39. The zero-order valence-electron chi connectivity index (χ0n) is 16.5. The molecule has 1 saturated heterocycles. The fourth-order valence-electron chi connectivity index (χ4n) is 2.98. The summed E-state index contributed by atoms with van der Waals surface area (Å²) in [4.78, 5) is 0. The molecule has 1 heterocycles. The summed E-state index contributed by atoms with van der Waals surface area (Å²) < 4.78 is 34.6. The number of unbranched alkanes of at least 4 members (excludes halogenated alkanes) is 7. The van der Waals surface area contributed by atoms with Crippen LogP contribution in [0.2, 0.25) is 5.54 Å². The molecular formula is C14H38O6Si6. The largest absolute Gasteiger partial charge is 0.425 e. The van der Waals surface area contributed by atoms with Gasteiger partial charge in [0.15, 0.2) is 0 Å². The molecule has 1 fully saturated rings. The maximum Gasteiger partial charge on any atom is 0.306 e. The minimum atomic E-state index is -1.74. The molecule has 0 aromatic rings. The first-order valence-corrected chi connectivity index (χ1v) is 17.4. The predicted molar refractivity (Wildman–Crippen MR) is 122 cm³/mol. The van der Waals surface area contributed by atoms with Crippen LogP contribution in [0.25, 0.3) is 0 Å². The minimum absolute atomic E-state index is 0.488. The Morgan fingerprint density at radius 1 is 0.769 bits per heavy atom. The molecular weight excluding hydrogens is 433 g/mol. The molecule has 0 radical (unpaired) electrons. The van der Waals surface area contributed by atoms with Gasteiger partial charge < -0.3 is 24.7 Å². The molecule has 0 bridgehead atoms. The van der Waals surface area contributed by atoms with Gasteiger partial charge in [-0.25, -0.2) is 0 Å². The van der Waals surface area contributed by atoms with Crippen LogP contribution in [-0.4, -0.2) is 59.3 Å². The van der Waals surface area contributed by atoms with Crippen molar-refractivity contribution in [1.29, 1.82) is 0 Å². The highest BCUT2D eigenvalue weighted by Gasteiger charge is 2.25. The fraction of sp³-hybridized carbons (Fsp3) is 0.857. The second-order valence-corrected chi connectivity index (χ2v) is 18.7. The van der Waals surface area contributed by atoms with Gasteiger partial charge in [0.1, 0.15) is 0 Å². The van der Waals surface area contributed by atoms with E-state index >= 15 is 0 Å². The molecule has 1 rings (SSSR count). The Kier molecular flexibility index (Phi) is 18.3. The molecule has 1 atom stereocenters. The van der Waals surface area contributed by atoms with Crippen LogP contribution in [0, 0.1) is 0 Å². The Morgan fingerprint density at radius 2 is 1.27 bits per heavy atom. The molecule has 1 aliphatic heterocycles. The van der Waals surface area contributed by atoms with Gasteiger partial charge in [-0.15, -0.1) is 6.58 Å². The van der Waals surface area contributed by atoms with Gasteiger partial charge in [-0.05, 0) is 12.8 Å². The zero-order chi connectivity index (χ0) is 18.7. The topological polar surface area (TPSA) is 55.4 Å². The van der Waals surface area contributed by atoms with E-state index in [2.05, 4.69) is 13.5 Å². The summed E-state index contributed by atoms with van der Waals surface area (Å²) in [6.07, 6.45) is 14.9. The predicted octanol–water partition coefficient (Wildman–Crippen LogP) is -0.209. The number of allylic oxidation sites excluding steroid dienone is 1. The first-order valence-electron chi connectivity index (χ1n) is 10.0. The van der Waals surface area contributed by atoms with E-state index in [1.165, 1.54) is 57.8 Å². The summed E-state index contributed by atoms with van der Waals surface area (Å²) in [6, 6.07) is 0. The van der Waals surface area contributed by atoms with Crippen molar-refractivity contribution in [2.45, 2.75) is 76.7 Å². The second-order valence-electron chi connectivity index (χ2n) is 6.66. The van der Waals surface area contributed by atoms with Crippen LogP contribution in [0.3, 0.4) is 0 Å². The molecule has 26 heavy (non-hydrogen) atoms. The van der Waals surface area contributed by atoms with E-state index < -0.39 is 59.3 Å². The average molecular weight is 471 g/mol. The summed E-state index contributed by atoms with van der Waals surface area (Å²) in [6.45, 7) is 6.20. The summed E-state index contributed by atoms with van der Waals surface area (Å²) >= 11 is 0. The van der Waals surface area contributed by atoms with Gasteiger partial charge in [0.25, 0.3) is 50.0 Å². The molecule has 0 amide bonds. The lowest BCUT2D eigenvalue weighted by molar-refractivity contribution is 0.323. The standard InChI is InChI=1S/C14H38O6Si6/c1-3-5-6-7-8-9-10-11-13-14(12-4-2)26-19-24-17-22-15-21-16-23-18-25-20-26/h4,14,26H,2-3,5-13,21-25H2,1H3. The quantitative estimate of drug-likeness (QED) is 0.223. The summed E-state index contributed by atoms with van der Waals surface area (Å²) in [5.74, 6) is 0. The van der Waals surface area contributed by atoms with Crippen molar-refractivity contribution in [3.05, 3.63) is 12.7 Å². The smallest absolute Gasteiger partial charge is 0.306 e. The van der Waals surface area contributed by atoms with Crippen molar-refractivity contribution < 1.29 is 24.7 Å². The fourth-order valence-corrected chi connectivity index (χ4v) is 16.6. The van der Waals surface area contributed by atoms with E-state index in [4.69, 9.17) is 24.7 Å². The molecule has 0 N–H and O–H groups in total. The van der Waals surface area contributed by atoms with Crippen molar-refractivity contribution in [2.24, 2.45) is 0 Å². The Morgan fingerprint density at radius 3 is 1.81 bits per heavy atom. The van der Waals surface area contributed by atoms with Gasteiger partial charge in [0.2, 0.25) is 0 Å². The van der Waals surface area contributed by atoms with E-state index in [1.54, 1.807) is 0 Å². The Labute approximate surface area is 173 Å². The van der Waals surface area contributed by atoms with Crippen LogP contribution in [0.15, 0.2) is 12.7 Å². The molecule has 0 aromatic carbocycles. The van der Waals surface area contributed by atoms with Crippen LogP contribution in [0.4, 0.5) is 0 Å². The van der Waals surface area contributed by atoms with E-state index in [0.29, 0.717) is 5.54 Å². The lowest BCUT2D eigenvalue weighted by Gasteiger charge is -2.26. The second kappa shape index (κ2) is 19.1. The molecule has 6 nitrogen and oxygen atoms in total. The van der Waals surface area contributed by atoms with Crippen molar-refractivity contribution in [1.82, 2.24) is 0 Å². The van der Waals surface area contributed by atoms with E-state index in [-0.39, 0.29) is 0 Å². The van der Waals surface area contributed by atoms with Crippen LogP contribution < -0.4 is 0 Å². The maximum atomic E-state index is 6.14. The highest BCUT2D eigenvalue weighted by atomic mass is 28.4. The Balaban J connectivity index is 2.29. The van der Waals surface area contributed by atoms with Gasteiger partial charge >= 0.3 is 9.28 Å².